The molecule has 0 N–H and O–H groups in total. The highest BCUT2D eigenvalue weighted by atomic mass is 35.5. The van der Waals surface area contributed by atoms with Crippen molar-refractivity contribution in [1.82, 2.24) is 4.98 Å². The molecule has 0 saturated heterocycles. The minimum atomic E-state index is -0.0997. The molecule has 3 atom stereocenters. The largest absolute Gasteiger partial charge is 0.486 e. The maximum Gasteiger partial charge on any atom is 0.309 e. The second-order valence-electron chi connectivity index (χ2n) is 8.85. The minimum Gasteiger partial charge on any atom is -0.486 e. The van der Waals surface area contributed by atoms with E-state index in [0.717, 1.165) is 47.3 Å². The molecule has 5 nitrogen and oxygen atoms in total. The van der Waals surface area contributed by atoms with Crippen LogP contribution in [0, 0.1) is 17.2 Å². The van der Waals surface area contributed by atoms with E-state index in [-0.39, 0.29) is 23.9 Å². The smallest absolute Gasteiger partial charge is 0.309 e. The zero-order valence-electron chi connectivity index (χ0n) is 19.0. The number of pyridine rings is 1. The lowest BCUT2D eigenvalue weighted by atomic mass is 9.93. The Morgan fingerprint density at radius 2 is 2.00 bits per heavy atom. The molecule has 1 aromatic heterocycles. The van der Waals surface area contributed by atoms with Crippen LogP contribution in [0.4, 0.5) is 0 Å². The SMILES string of the molecule is CCOC(=O)[C@H]1C[C@@H]1c1ccc(O[C@@H]2CCc3c2ccc(C#N)c3Cc2ccc(Cl)nc2)cc1. The number of halogens is 1. The van der Waals surface area contributed by atoms with Gasteiger partial charge in [-0.05, 0) is 84.2 Å². The molecule has 0 spiro atoms. The van der Waals surface area contributed by atoms with E-state index in [1.165, 1.54) is 5.56 Å². The second kappa shape index (κ2) is 9.48. The lowest BCUT2D eigenvalue weighted by Gasteiger charge is -2.17. The number of carbonyl (C=O) groups is 1. The van der Waals surface area contributed by atoms with Crippen molar-refractivity contribution in [2.45, 2.75) is 44.6 Å². The fourth-order valence-electron chi connectivity index (χ4n) is 4.91. The Balaban J connectivity index is 1.31. The van der Waals surface area contributed by atoms with Gasteiger partial charge in [0, 0.05) is 12.6 Å². The molecule has 1 fully saturated rings. The Labute approximate surface area is 204 Å². The summed E-state index contributed by atoms with van der Waals surface area (Å²) in [7, 11) is 0. The van der Waals surface area contributed by atoms with Gasteiger partial charge in [0.1, 0.15) is 17.0 Å². The van der Waals surface area contributed by atoms with Gasteiger partial charge in [0.15, 0.2) is 0 Å². The first-order valence-corrected chi connectivity index (χ1v) is 12.0. The summed E-state index contributed by atoms with van der Waals surface area (Å²) >= 11 is 5.93. The van der Waals surface area contributed by atoms with Crippen molar-refractivity contribution in [3.63, 3.8) is 0 Å². The number of nitriles is 1. The van der Waals surface area contributed by atoms with Gasteiger partial charge in [0.2, 0.25) is 0 Å². The van der Waals surface area contributed by atoms with Crippen LogP contribution in [0.2, 0.25) is 5.15 Å². The highest BCUT2D eigenvalue weighted by molar-refractivity contribution is 6.29. The summed E-state index contributed by atoms with van der Waals surface area (Å²) in [6.07, 6.45) is 4.94. The van der Waals surface area contributed by atoms with Crippen LogP contribution in [0.5, 0.6) is 5.75 Å². The van der Waals surface area contributed by atoms with Crippen molar-refractivity contribution >= 4 is 17.6 Å². The van der Waals surface area contributed by atoms with Gasteiger partial charge < -0.3 is 9.47 Å². The number of fused-ring (bicyclic) bond motifs is 1. The highest BCUT2D eigenvalue weighted by Gasteiger charge is 2.45. The van der Waals surface area contributed by atoms with E-state index in [2.05, 4.69) is 11.1 Å². The van der Waals surface area contributed by atoms with Gasteiger partial charge in [-0.1, -0.05) is 35.9 Å². The molecule has 2 aliphatic carbocycles. The first-order chi connectivity index (χ1) is 16.6. The molecule has 1 heterocycles. The van der Waals surface area contributed by atoms with Crippen molar-refractivity contribution in [3.8, 4) is 11.8 Å². The number of nitrogens with zero attached hydrogens (tertiary/aromatic N) is 2. The molecule has 2 aliphatic rings. The first-order valence-electron chi connectivity index (χ1n) is 11.7. The van der Waals surface area contributed by atoms with Crippen LogP contribution in [-0.4, -0.2) is 17.6 Å². The summed E-state index contributed by atoms with van der Waals surface area (Å²) in [5.74, 6) is 0.937. The lowest BCUT2D eigenvalue weighted by molar-refractivity contribution is -0.144. The van der Waals surface area contributed by atoms with Crippen molar-refractivity contribution in [2.75, 3.05) is 6.61 Å². The molecule has 172 valence electrons. The summed E-state index contributed by atoms with van der Waals surface area (Å²) in [4.78, 5) is 16.1. The summed E-state index contributed by atoms with van der Waals surface area (Å²) in [6.45, 7) is 2.26. The van der Waals surface area contributed by atoms with Gasteiger partial charge in [-0.2, -0.15) is 5.26 Å². The number of aromatic nitrogens is 1. The van der Waals surface area contributed by atoms with Crippen LogP contribution in [0.25, 0.3) is 0 Å². The molecule has 0 bridgehead atoms. The Morgan fingerprint density at radius 1 is 1.18 bits per heavy atom. The average Bonchev–Trinajstić information content (AvgIpc) is 3.56. The molecule has 34 heavy (non-hydrogen) atoms. The fourth-order valence-corrected chi connectivity index (χ4v) is 5.03. The van der Waals surface area contributed by atoms with E-state index in [0.29, 0.717) is 23.7 Å². The van der Waals surface area contributed by atoms with Crippen molar-refractivity contribution < 1.29 is 14.3 Å². The van der Waals surface area contributed by atoms with Gasteiger partial charge >= 0.3 is 5.97 Å². The molecule has 0 radical (unpaired) electrons. The van der Waals surface area contributed by atoms with Crippen LogP contribution >= 0.6 is 11.6 Å². The maximum absolute atomic E-state index is 11.9. The summed E-state index contributed by atoms with van der Waals surface area (Å²) in [5, 5.41) is 10.1. The number of benzene rings is 2. The minimum absolute atomic E-state index is 0.0166. The number of carbonyl (C=O) groups excluding carboxylic acids is 1. The zero-order chi connectivity index (χ0) is 23.7. The normalized spacial score (nSPS) is 20.3. The Hall–Kier alpha value is -3.36. The topological polar surface area (TPSA) is 72.2 Å². The molecular weight excluding hydrogens is 448 g/mol. The van der Waals surface area contributed by atoms with E-state index in [1.54, 1.807) is 12.3 Å². The van der Waals surface area contributed by atoms with E-state index in [4.69, 9.17) is 21.1 Å². The van der Waals surface area contributed by atoms with Crippen LogP contribution in [0.1, 0.15) is 65.2 Å². The van der Waals surface area contributed by atoms with Crippen LogP contribution in [-0.2, 0) is 22.4 Å². The fraction of sp³-hybridized carbons (Fsp3) is 0.321. The molecule has 0 unspecified atom stereocenters. The van der Waals surface area contributed by atoms with Gasteiger partial charge in [-0.3, -0.25) is 4.79 Å². The van der Waals surface area contributed by atoms with E-state index in [1.807, 2.05) is 49.4 Å². The van der Waals surface area contributed by atoms with Crippen LogP contribution in [0.15, 0.2) is 54.7 Å². The molecular formula is C28H25ClN2O3. The summed E-state index contributed by atoms with van der Waals surface area (Å²) in [5.41, 5.74) is 6.25. The summed E-state index contributed by atoms with van der Waals surface area (Å²) in [6, 6.07) is 18.1. The molecule has 1 saturated carbocycles. The standard InChI is InChI=1S/C28H25ClN2O3/c1-2-33-28(32)25-14-24(25)18-4-7-20(8-5-18)34-26-11-10-21-22(26)9-6-19(15-30)23(21)13-17-3-12-27(29)31-16-17/h3-9,12,16,24-26H,2,10-11,13-14H2,1H3/t24-,25+,26-/m1/s1. The summed E-state index contributed by atoms with van der Waals surface area (Å²) < 4.78 is 11.5. The number of ether oxygens (including phenoxy) is 2. The average molecular weight is 473 g/mol. The predicted molar refractivity (Wildman–Crippen MR) is 129 cm³/mol. The molecule has 0 aliphatic heterocycles. The predicted octanol–water partition coefficient (Wildman–Crippen LogP) is 5.93. The van der Waals surface area contributed by atoms with E-state index >= 15 is 0 Å². The third-order valence-corrected chi connectivity index (χ3v) is 6.95. The van der Waals surface area contributed by atoms with E-state index < -0.39 is 0 Å². The van der Waals surface area contributed by atoms with Gasteiger partial charge in [-0.15, -0.1) is 0 Å². The molecule has 6 heteroatoms. The van der Waals surface area contributed by atoms with Gasteiger partial charge in [0.05, 0.1) is 24.2 Å². The zero-order valence-corrected chi connectivity index (χ0v) is 19.7. The van der Waals surface area contributed by atoms with Crippen molar-refractivity contribution in [1.29, 1.82) is 5.26 Å². The molecule has 5 rings (SSSR count). The Kier molecular flexibility index (Phi) is 6.26. The Bertz CT molecular complexity index is 1250. The number of rotatable bonds is 7. The van der Waals surface area contributed by atoms with Crippen LogP contribution in [0.3, 0.4) is 0 Å². The van der Waals surface area contributed by atoms with Crippen molar-refractivity contribution in [2.24, 2.45) is 5.92 Å². The number of esters is 1. The molecule has 3 aromatic rings. The van der Waals surface area contributed by atoms with Crippen LogP contribution < -0.4 is 4.74 Å². The first kappa shape index (κ1) is 22.4. The highest BCUT2D eigenvalue weighted by Crippen LogP contribution is 2.48. The third kappa shape index (κ3) is 4.51. The second-order valence-corrected chi connectivity index (χ2v) is 9.24. The van der Waals surface area contributed by atoms with Crippen molar-refractivity contribution in [3.05, 3.63) is 93.3 Å². The Morgan fingerprint density at radius 3 is 2.71 bits per heavy atom. The molecule has 0 amide bonds. The van der Waals surface area contributed by atoms with E-state index in [9.17, 15) is 10.1 Å². The number of hydrogen-bond acceptors (Lipinski definition) is 5. The number of hydrogen-bond donors (Lipinski definition) is 0. The van der Waals surface area contributed by atoms with Gasteiger partial charge in [0.25, 0.3) is 0 Å². The van der Waals surface area contributed by atoms with Gasteiger partial charge in [-0.25, -0.2) is 4.98 Å². The lowest BCUT2D eigenvalue weighted by Crippen LogP contribution is -2.07. The third-order valence-electron chi connectivity index (χ3n) is 6.73. The maximum atomic E-state index is 11.9. The monoisotopic (exact) mass is 472 g/mol. The quantitative estimate of drug-likeness (QED) is 0.315. The molecule has 2 aromatic carbocycles.